The van der Waals surface area contributed by atoms with E-state index >= 15 is 0 Å². The number of hydrogen-bond acceptors (Lipinski definition) is 4. The number of ether oxygens (including phenoxy) is 1. The summed E-state index contributed by atoms with van der Waals surface area (Å²) in [5, 5.41) is 13.6. The fourth-order valence-electron chi connectivity index (χ4n) is 3.76. The molecule has 2 heterocycles. The van der Waals surface area contributed by atoms with Crippen LogP contribution in [0, 0.1) is 12.3 Å². The summed E-state index contributed by atoms with van der Waals surface area (Å²) in [6.07, 6.45) is 2.54. The molecule has 0 unspecified atom stereocenters. The van der Waals surface area contributed by atoms with Crippen molar-refractivity contribution in [2.75, 3.05) is 19.0 Å². The maximum atomic E-state index is 12.9. The lowest BCUT2D eigenvalue weighted by Crippen LogP contribution is -2.43. The molecule has 2 N–H and O–H groups in total. The van der Waals surface area contributed by atoms with E-state index in [-0.39, 0.29) is 17.4 Å². The number of hydrogen-bond donors (Lipinski definition) is 2. The second kappa shape index (κ2) is 4.13. The number of nitrogens with one attached hydrogen (secondary N) is 1. The predicted octanol–water partition coefficient (Wildman–Crippen LogP) is 1.74. The summed E-state index contributed by atoms with van der Waals surface area (Å²) in [7, 11) is 1.61. The number of aliphatic hydroxyl groups is 1. The van der Waals surface area contributed by atoms with Crippen LogP contribution in [0.25, 0.3) is 0 Å². The minimum atomic E-state index is -0.706. The van der Waals surface area contributed by atoms with Crippen molar-refractivity contribution >= 4 is 11.6 Å². The SMILES string of the molecule is COc1cc2c(cc1C)N[C@H](O)[C@@H]1CC3(CC3)CN1C2=O. The summed E-state index contributed by atoms with van der Waals surface area (Å²) in [6.45, 7) is 2.70. The number of aliphatic hydroxyl groups excluding tert-OH is 1. The van der Waals surface area contributed by atoms with Crippen LogP contribution in [0.4, 0.5) is 5.69 Å². The largest absolute Gasteiger partial charge is 0.496 e. The monoisotopic (exact) mass is 288 g/mol. The lowest BCUT2D eigenvalue weighted by Gasteiger charge is -2.25. The number of anilines is 1. The normalized spacial score (nSPS) is 28.7. The molecule has 21 heavy (non-hydrogen) atoms. The van der Waals surface area contributed by atoms with E-state index < -0.39 is 6.23 Å². The lowest BCUT2D eigenvalue weighted by molar-refractivity contribution is 0.0580. The van der Waals surface area contributed by atoms with Gasteiger partial charge in [0.2, 0.25) is 0 Å². The molecule has 2 aliphatic heterocycles. The minimum absolute atomic E-state index is 0.00104. The highest BCUT2D eigenvalue weighted by Crippen LogP contribution is 2.56. The standard InChI is InChI=1S/C16H20N2O3/c1-9-5-11-10(6-13(9)21-2)15(20)18-8-16(3-4-16)7-12(18)14(19)17-11/h5-6,12,14,17,19H,3-4,7-8H2,1-2H3/t12-,14+/m0/s1. The van der Waals surface area contributed by atoms with Crippen molar-refractivity contribution in [3.05, 3.63) is 23.3 Å². The van der Waals surface area contributed by atoms with Crippen LogP contribution in [0.2, 0.25) is 0 Å². The number of fused-ring (bicyclic) bond motifs is 2. The van der Waals surface area contributed by atoms with Gasteiger partial charge in [-0.05, 0) is 49.3 Å². The Kier molecular flexibility index (Phi) is 2.55. The molecule has 1 saturated heterocycles. The molecule has 2 fully saturated rings. The summed E-state index contributed by atoms with van der Waals surface area (Å²) in [4.78, 5) is 14.7. The Morgan fingerprint density at radius 1 is 1.43 bits per heavy atom. The van der Waals surface area contributed by atoms with Crippen LogP contribution in [0.15, 0.2) is 12.1 Å². The third-order valence-corrected chi connectivity index (χ3v) is 5.20. The average Bonchev–Trinajstić information content (AvgIpc) is 3.10. The van der Waals surface area contributed by atoms with Crippen molar-refractivity contribution in [2.45, 2.75) is 38.5 Å². The summed E-state index contributed by atoms with van der Waals surface area (Å²) in [5.74, 6) is 0.707. The molecular weight excluding hydrogens is 268 g/mol. The van der Waals surface area contributed by atoms with Gasteiger partial charge in [-0.15, -0.1) is 0 Å². The molecular formula is C16H20N2O3. The molecule has 5 nitrogen and oxygen atoms in total. The van der Waals surface area contributed by atoms with Crippen molar-refractivity contribution in [2.24, 2.45) is 5.41 Å². The second-order valence-electron chi connectivity index (χ2n) is 6.66. The first-order chi connectivity index (χ1) is 10.0. The molecule has 0 radical (unpaired) electrons. The fourth-order valence-corrected chi connectivity index (χ4v) is 3.76. The summed E-state index contributed by atoms with van der Waals surface area (Å²) in [6, 6.07) is 3.54. The third kappa shape index (κ3) is 1.83. The molecule has 5 heteroatoms. The van der Waals surface area contributed by atoms with Gasteiger partial charge in [0.1, 0.15) is 12.0 Å². The van der Waals surface area contributed by atoms with E-state index in [1.165, 1.54) is 12.8 Å². The molecule has 1 aromatic rings. The molecule has 0 aromatic heterocycles. The van der Waals surface area contributed by atoms with E-state index in [4.69, 9.17) is 4.74 Å². The van der Waals surface area contributed by atoms with Crippen molar-refractivity contribution in [1.29, 1.82) is 0 Å². The van der Waals surface area contributed by atoms with Crippen LogP contribution in [0.1, 0.15) is 35.2 Å². The lowest BCUT2D eigenvalue weighted by atomic mass is 10.0. The Balaban J connectivity index is 1.79. The van der Waals surface area contributed by atoms with Crippen LogP contribution in [-0.4, -0.2) is 41.8 Å². The molecule has 112 valence electrons. The third-order valence-electron chi connectivity index (χ3n) is 5.20. The van der Waals surface area contributed by atoms with Gasteiger partial charge < -0.3 is 20.1 Å². The van der Waals surface area contributed by atoms with Crippen molar-refractivity contribution in [1.82, 2.24) is 4.90 Å². The predicted molar refractivity (Wildman–Crippen MR) is 78.5 cm³/mol. The molecule has 0 bridgehead atoms. The van der Waals surface area contributed by atoms with Crippen molar-refractivity contribution in [3.63, 3.8) is 0 Å². The maximum Gasteiger partial charge on any atom is 0.256 e. The van der Waals surface area contributed by atoms with E-state index in [1.54, 1.807) is 13.2 Å². The Labute approximate surface area is 123 Å². The molecule has 1 aliphatic carbocycles. The first-order valence-corrected chi connectivity index (χ1v) is 7.47. The first-order valence-electron chi connectivity index (χ1n) is 7.47. The minimum Gasteiger partial charge on any atom is -0.496 e. The van der Waals surface area contributed by atoms with Crippen LogP contribution in [-0.2, 0) is 0 Å². The highest BCUT2D eigenvalue weighted by molar-refractivity contribution is 6.01. The Hall–Kier alpha value is -1.75. The van der Waals surface area contributed by atoms with E-state index in [9.17, 15) is 9.90 Å². The van der Waals surface area contributed by atoms with Gasteiger partial charge in [-0.25, -0.2) is 0 Å². The summed E-state index contributed by atoms with van der Waals surface area (Å²) < 4.78 is 5.33. The maximum absolute atomic E-state index is 12.9. The zero-order chi connectivity index (χ0) is 14.8. The molecule has 1 spiro atoms. The highest BCUT2D eigenvalue weighted by Gasteiger charge is 2.55. The number of aryl methyl sites for hydroxylation is 1. The average molecular weight is 288 g/mol. The number of nitrogens with zero attached hydrogens (tertiary/aromatic N) is 1. The number of amides is 1. The topological polar surface area (TPSA) is 61.8 Å². The van der Waals surface area contributed by atoms with Crippen LogP contribution < -0.4 is 10.1 Å². The number of benzene rings is 1. The van der Waals surface area contributed by atoms with Gasteiger partial charge in [0.15, 0.2) is 0 Å². The number of rotatable bonds is 1. The van der Waals surface area contributed by atoms with E-state index in [0.29, 0.717) is 17.0 Å². The Morgan fingerprint density at radius 3 is 2.86 bits per heavy atom. The molecule has 4 rings (SSSR count). The molecule has 1 saturated carbocycles. The first kappa shape index (κ1) is 13.0. The van der Waals surface area contributed by atoms with Gasteiger partial charge >= 0.3 is 0 Å². The Morgan fingerprint density at radius 2 is 2.19 bits per heavy atom. The van der Waals surface area contributed by atoms with Gasteiger partial charge in [0, 0.05) is 12.2 Å². The second-order valence-corrected chi connectivity index (χ2v) is 6.66. The summed E-state index contributed by atoms with van der Waals surface area (Å²) >= 11 is 0. The zero-order valence-corrected chi connectivity index (χ0v) is 12.3. The van der Waals surface area contributed by atoms with Gasteiger partial charge in [-0.2, -0.15) is 0 Å². The highest BCUT2D eigenvalue weighted by atomic mass is 16.5. The summed E-state index contributed by atoms with van der Waals surface area (Å²) in [5.41, 5.74) is 2.51. The smallest absolute Gasteiger partial charge is 0.256 e. The van der Waals surface area contributed by atoms with Gasteiger partial charge in [-0.1, -0.05) is 0 Å². The number of carbonyl (C=O) groups excluding carboxylic acids is 1. The van der Waals surface area contributed by atoms with Crippen molar-refractivity contribution < 1.29 is 14.6 Å². The van der Waals surface area contributed by atoms with Gasteiger partial charge in [0.25, 0.3) is 5.91 Å². The number of carbonyl (C=O) groups is 1. The molecule has 1 aromatic carbocycles. The van der Waals surface area contributed by atoms with Gasteiger partial charge in [-0.3, -0.25) is 4.79 Å². The quantitative estimate of drug-likeness (QED) is 0.826. The van der Waals surface area contributed by atoms with E-state index in [1.807, 2.05) is 17.9 Å². The van der Waals surface area contributed by atoms with Crippen LogP contribution in [0.5, 0.6) is 5.75 Å². The van der Waals surface area contributed by atoms with Crippen LogP contribution >= 0.6 is 0 Å². The van der Waals surface area contributed by atoms with E-state index in [0.717, 1.165) is 18.5 Å². The van der Waals surface area contributed by atoms with E-state index in [2.05, 4.69) is 5.32 Å². The van der Waals surface area contributed by atoms with Crippen LogP contribution in [0.3, 0.4) is 0 Å². The van der Waals surface area contributed by atoms with Gasteiger partial charge in [0.05, 0.1) is 18.7 Å². The van der Waals surface area contributed by atoms with Crippen molar-refractivity contribution in [3.8, 4) is 5.75 Å². The zero-order valence-electron chi connectivity index (χ0n) is 12.3. The molecule has 3 aliphatic rings. The fraction of sp³-hybridized carbons (Fsp3) is 0.562. The number of methoxy groups -OCH3 is 1. The molecule has 1 amide bonds. The Bertz CT molecular complexity index is 624. The molecule has 2 atom stereocenters.